The number of nitrogens with one attached hydrogen (secondary N) is 1. The number of carbonyl (C=O) groups excluding carboxylic acids is 1. The van der Waals surface area contributed by atoms with Crippen LogP contribution < -0.4 is 19.5 Å². The van der Waals surface area contributed by atoms with Gasteiger partial charge < -0.3 is 19.5 Å². The van der Waals surface area contributed by atoms with Gasteiger partial charge in [0.25, 0.3) is 5.91 Å². The fraction of sp³-hybridized carbons (Fsp3) is 0.409. The Morgan fingerprint density at radius 1 is 0.926 bits per heavy atom. The number of ether oxygens (including phenoxy) is 3. The molecule has 2 aromatic carbocycles. The highest BCUT2D eigenvalue weighted by Crippen LogP contribution is 2.41. The molecule has 1 fully saturated rings. The SMILES string of the molecule is COc1cc(OC)c(C(=O)NCC2(c3ccccc3)CCCC2)cc1OC. The lowest BCUT2D eigenvalue weighted by molar-refractivity contribution is 0.0939. The molecule has 27 heavy (non-hydrogen) atoms. The first-order chi connectivity index (χ1) is 13.1. The molecule has 0 heterocycles. The third-order valence-electron chi connectivity index (χ3n) is 5.48. The number of hydrogen-bond donors (Lipinski definition) is 1. The van der Waals surface area contributed by atoms with Crippen LogP contribution in [0.2, 0.25) is 0 Å². The van der Waals surface area contributed by atoms with Crippen LogP contribution in [0.15, 0.2) is 42.5 Å². The highest BCUT2D eigenvalue weighted by molar-refractivity contribution is 5.97. The number of benzene rings is 2. The molecule has 144 valence electrons. The summed E-state index contributed by atoms with van der Waals surface area (Å²) in [6, 6.07) is 13.8. The van der Waals surface area contributed by atoms with Gasteiger partial charge in [-0.3, -0.25) is 4.79 Å². The zero-order valence-corrected chi connectivity index (χ0v) is 16.2. The average molecular weight is 369 g/mol. The lowest BCUT2D eigenvalue weighted by Crippen LogP contribution is -2.39. The van der Waals surface area contributed by atoms with Crippen LogP contribution in [0, 0.1) is 0 Å². The molecule has 5 heteroatoms. The standard InChI is InChI=1S/C22H27NO4/c1-25-18-14-20(27-3)19(26-2)13-17(18)21(24)23-15-22(11-7-8-12-22)16-9-5-4-6-10-16/h4-6,9-10,13-14H,7-8,11-12,15H2,1-3H3,(H,23,24). The highest BCUT2D eigenvalue weighted by atomic mass is 16.5. The van der Waals surface area contributed by atoms with Crippen LogP contribution in [0.3, 0.4) is 0 Å². The van der Waals surface area contributed by atoms with Crippen molar-refractivity contribution in [3.05, 3.63) is 53.6 Å². The second-order valence-corrected chi connectivity index (χ2v) is 6.94. The second-order valence-electron chi connectivity index (χ2n) is 6.94. The Balaban J connectivity index is 1.83. The summed E-state index contributed by atoms with van der Waals surface area (Å²) in [4.78, 5) is 12.9. The van der Waals surface area contributed by atoms with Crippen molar-refractivity contribution in [1.29, 1.82) is 0 Å². The molecule has 1 N–H and O–H groups in total. The maximum Gasteiger partial charge on any atom is 0.255 e. The lowest BCUT2D eigenvalue weighted by Gasteiger charge is -2.30. The maximum atomic E-state index is 12.9. The van der Waals surface area contributed by atoms with Gasteiger partial charge in [0.2, 0.25) is 0 Å². The Kier molecular flexibility index (Phi) is 5.89. The fourth-order valence-corrected chi connectivity index (χ4v) is 3.96. The minimum Gasteiger partial charge on any atom is -0.496 e. The summed E-state index contributed by atoms with van der Waals surface area (Å²) in [5, 5.41) is 3.13. The van der Waals surface area contributed by atoms with Crippen molar-refractivity contribution in [1.82, 2.24) is 5.32 Å². The molecule has 1 amide bonds. The summed E-state index contributed by atoms with van der Waals surface area (Å²) >= 11 is 0. The molecule has 0 aliphatic heterocycles. The molecule has 1 saturated carbocycles. The predicted octanol–water partition coefficient (Wildman–Crippen LogP) is 3.95. The third kappa shape index (κ3) is 3.87. The van der Waals surface area contributed by atoms with E-state index in [1.54, 1.807) is 33.5 Å². The van der Waals surface area contributed by atoms with Crippen LogP contribution in [0.4, 0.5) is 0 Å². The Labute approximate surface area is 160 Å². The summed E-state index contributed by atoms with van der Waals surface area (Å²) < 4.78 is 16.0. The van der Waals surface area contributed by atoms with E-state index < -0.39 is 0 Å². The molecule has 3 rings (SSSR count). The van der Waals surface area contributed by atoms with Gasteiger partial charge in [0.15, 0.2) is 11.5 Å². The summed E-state index contributed by atoms with van der Waals surface area (Å²) in [7, 11) is 4.65. The Hall–Kier alpha value is -2.69. The van der Waals surface area contributed by atoms with Gasteiger partial charge in [0.1, 0.15) is 5.75 Å². The van der Waals surface area contributed by atoms with E-state index in [4.69, 9.17) is 14.2 Å². The topological polar surface area (TPSA) is 56.8 Å². The van der Waals surface area contributed by atoms with Crippen molar-refractivity contribution < 1.29 is 19.0 Å². The molecule has 2 aromatic rings. The van der Waals surface area contributed by atoms with Gasteiger partial charge in [0.05, 0.1) is 26.9 Å². The summed E-state index contributed by atoms with van der Waals surface area (Å²) in [5.74, 6) is 1.32. The minimum atomic E-state index is -0.171. The van der Waals surface area contributed by atoms with Crippen LogP contribution in [0.5, 0.6) is 17.2 Å². The zero-order valence-electron chi connectivity index (χ0n) is 16.2. The molecule has 0 atom stereocenters. The summed E-state index contributed by atoms with van der Waals surface area (Å²) in [6.07, 6.45) is 4.54. The monoisotopic (exact) mass is 369 g/mol. The molecule has 0 unspecified atom stereocenters. The van der Waals surface area contributed by atoms with Crippen LogP contribution >= 0.6 is 0 Å². The molecular formula is C22H27NO4. The summed E-state index contributed by atoms with van der Waals surface area (Å²) in [5.41, 5.74) is 1.74. The molecule has 1 aliphatic carbocycles. The Morgan fingerprint density at radius 3 is 2.11 bits per heavy atom. The first-order valence-corrected chi connectivity index (χ1v) is 9.27. The summed E-state index contributed by atoms with van der Waals surface area (Å²) in [6.45, 7) is 0.605. The van der Waals surface area contributed by atoms with E-state index in [2.05, 4.69) is 29.6 Å². The number of methoxy groups -OCH3 is 3. The van der Waals surface area contributed by atoms with E-state index >= 15 is 0 Å². The van der Waals surface area contributed by atoms with Crippen LogP contribution in [0.1, 0.15) is 41.6 Å². The predicted molar refractivity (Wildman–Crippen MR) is 105 cm³/mol. The van der Waals surface area contributed by atoms with Crippen molar-refractivity contribution in [2.24, 2.45) is 0 Å². The van der Waals surface area contributed by atoms with Gasteiger partial charge in [-0.15, -0.1) is 0 Å². The van der Waals surface area contributed by atoms with E-state index in [1.165, 1.54) is 18.4 Å². The average Bonchev–Trinajstić information content (AvgIpc) is 3.21. The maximum absolute atomic E-state index is 12.9. The van der Waals surface area contributed by atoms with Gasteiger partial charge in [-0.1, -0.05) is 43.2 Å². The first-order valence-electron chi connectivity index (χ1n) is 9.27. The van der Waals surface area contributed by atoms with Gasteiger partial charge in [-0.05, 0) is 18.4 Å². The molecule has 0 aromatic heterocycles. The first kappa shape index (κ1) is 19.1. The van der Waals surface area contributed by atoms with Crippen LogP contribution in [0.25, 0.3) is 0 Å². The van der Waals surface area contributed by atoms with Crippen molar-refractivity contribution >= 4 is 5.91 Å². The van der Waals surface area contributed by atoms with Crippen molar-refractivity contribution in [2.75, 3.05) is 27.9 Å². The van der Waals surface area contributed by atoms with Crippen molar-refractivity contribution in [3.63, 3.8) is 0 Å². The Bertz CT molecular complexity index is 782. The lowest BCUT2D eigenvalue weighted by atomic mass is 9.79. The minimum absolute atomic E-state index is 0.000706. The zero-order chi connectivity index (χ0) is 19.3. The quantitative estimate of drug-likeness (QED) is 0.803. The van der Waals surface area contributed by atoms with Crippen molar-refractivity contribution in [3.8, 4) is 17.2 Å². The second kappa shape index (κ2) is 8.33. The molecule has 0 spiro atoms. The van der Waals surface area contributed by atoms with Crippen LogP contribution in [-0.4, -0.2) is 33.8 Å². The molecule has 0 bridgehead atoms. The normalized spacial score (nSPS) is 15.2. The fourth-order valence-electron chi connectivity index (χ4n) is 3.96. The third-order valence-corrected chi connectivity index (χ3v) is 5.48. The molecule has 1 aliphatic rings. The van der Waals surface area contributed by atoms with E-state index in [0.717, 1.165) is 12.8 Å². The Morgan fingerprint density at radius 2 is 1.52 bits per heavy atom. The smallest absolute Gasteiger partial charge is 0.255 e. The van der Waals surface area contributed by atoms with Gasteiger partial charge in [-0.25, -0.2) is 0 Å². The van der Waals surface area contributed by atoms with Gasteiger partial charge in [0, 0.05) is 24.1 Å². The van der Waals surface area contributed by atoms with E-state index in [9.17, 15) is 4.79 Å². The largest absolute Gasteiger partial charge is 0.496 e. The van der Waals surface area contributed by atoms with Crippen LogP contribution in [-0.2, 0) is 5.41 Å². The highest BCUT2D eigenvalue weighted by Gasteiger charge is 2.36. The number of amides is 1. The number of hydrogen-bond acceptors (Lipinski definition) is 4. The molecule has 0 saturated heterocycles. The molecule has 0 radical (unpaired) electrons. The van der Waals surface area contributed by atoms with E-state index in [-0.39, 0.29) is 11.3 Å². The van der Waals surface area contributed by atoms with Gasteiger partial charge >= 0.3 is 0 Å². The number of rotatable bonds is 7. The van der Waals surface area contributed by atoms with E-state index in [1.807, 2.05) is 6.07 Å². The van der Waals surface area contributed by atoms with Gasteiger partial charge in [-0.2, -0.15) is 0 Å². The van der Waals surface area contributed by atoms with E-state index in [0.29, 0.717) is 29.4 Å². The molecular weight excluding hydrogens is 342 g/mol. The number of carbonyl (C=O) groups is 1. The van der Waals surface area contributed by atoms with Crippen molar-refractivity contribution in [2.45, 2.75) is 31.1 Å². The molecule has 5 nitrogen and oxygen atoms in total.